The number of benzene rings is 4. The maximum absolute atomic E-state index is 14.6. The van der Waals surface area contributed by atoms with Gasteiger partial charge >= 0.3 is 0 Å². The van der Waals surface area contributed by atoms with Gasteiger partial charge in [-0.05, 0) is 53.9 Å². The zero-order valence-electron chi connectivity index (χ0n) is 19.7. The van der Waals surface area contributed by atoms with Crippen molar-refractivity contribution in [2.24, 2.45) is 7.05 Å². The molecule has 0 saturated carbocycles. The van der Waals surface area contributed by atoms with E-state index in [4.69, 9.17) is 4.42 Å². The predicted octanol–water partition coefficient (Wildman–Crippen LogP) is 7.53. The summed E-state index contributed by atoms with van der Waals surface area (Å²) in [5.41, 5.74) is 6.77. The number of furan rings is 1. The van der Waals surface area contributed by atoms with Crippen molar-refractivity contribution in [3.8, 4) is 28.5 Å². The normalized spacial score (nSPS) is 11.4. The third kappa shape index (κ3) is 3.20. The fourth-order valence-electron chi connectivity index (χ4n) is 5.05. The summed E-state index contributed by atoms with van der Waals surface area (Å²) in [4.78, 5) is 0. The second-order valence-electron chi connectivity index (χ2n) is 9.08. The highest BCUT2D eigenvalue weighted by molar-refractivity contribution is 6.14. The summed E-state index contributed by atoms with van der Waals surface area (Å²) in [5.74, 6) is -0.255. The first kappa shape index (κ1) is 21.1. The SMILES string of the molecule is Cc1c[n+](C)c(-c2c(C)ccc3c2oc2c(-c4ccc5ccccc5c4)c(C#N)ccc23)cc1F. The molecule has 6 rings (SSSR count). The minimum atomic E-state index is -0.255. The Hall–Kier alpha value is -4.49. The van der Waals surface area contributed by atoms with Crippen LogP contribution in [0, 0.1) is 31.0 Å². The summed E-state index contributed by atoms with van der Waals surface area (Å²) in [6.07, 6.45) is 1.79. The van der Waals surface area contributed by atoms with E-state index in [-0.39, 0.29) is 5.82 Å². The number of halogens is 1. The van der Waals surface area contributed by atoms with Crippen LogP contribution in [0.3, 0.4) is 0 Å². The molecule has 0 aliphatic heterocycles. The van der Waals surface area contributed by atoms with Gasteiger partial charge in [0.05, 0.1) is 17.2 Å². The van der Waals surface area contributed by atoms with Gasteiger partial charge in [0.1, 0.15) is 24.0 Å². The summed E-state index contributed by atoms with van der Waals surface area (Å²) in [6.45, 7) is 3.76. The lowest BCUT2D eigenvalue weighted by atomic mass is 9.94. The van der Waals surface area contributed by atoms with Crippen molar-refractivity contribution in [1.82, 2.24) is 0 Å². The molecule has 0 amide bonds. The highest BCUT2D eigenvalue weighted by Crippen LogP contribution is 2.42. The minimum Gasteiger partial charge on any atom is -0.454 e. The monoisotopic (exact) mass is 457 g/mol. The Morgan fingerprint density at radius 3 is 2.29 bits per heavy atom. The molecule has 168 valence electrons. The second-order valence-corrected chi connectivity index (χ2v) is 9.08. The van der Waals surface area contributed by atoms with Gasteiger partial charge in [-0.15, -0.1) is 0 Å². The summed E-state index contributed by atoms with van der Waals surface area (Å²) in [7, 11) is 1.91. The quantitative estimate of drug-likeness (QED) is 0.252. The topological polar surface area (TPSA) is 40.8 Å². The zero-order valence-corrected chi connectivity index (χ0v) is 19.7. The van der Waals surface area contributed by atoms with Gasteiger partial charge in [0.2, 0.25) is 5.69 Å². The van der Waals surface area contributed by atoms with E-state index < -0.39 is 0 Å². The fraction of sp³-hybridized carbons (Fsp3) is 0.0968. The molecular formula is C31H22FN2O+. The smallest absolute Gasteiger partial charge is 0.219 e. The second kappa shape index (κ2) is 7.78. The molecule has 4 aromatic carbocycles. The van der Waals surface area contributed by atoms with E-state index in [0.29, 0.717) is 22.3 Å². The van der Waals surface area contributed by atoms with E-state index in [1.54, 1.807) is 19.2 Å². The standard InChI is InChI=1S/C31H22FN2O/c1-18-8-12-24-25-13-11-23(16-33)29(22-10-9-20-6-4-5-7-21(20)14-22)31(25)35-30(24)28(18)27-15-26(32)19(2)17-34(27)3/h4-15,17H,1-3H3/q+1. The van der Waals surface area contributed by atoms with Crippen LogP contribution in [-0.2, 0) is 7.05 Å². The molecule has 0 saturated heterocycles. The lowest BCUT2D eigenvalue weighted by molar-refractivity contribution is -0.661. The van der Waals surface area contributed by atoms with Gasteiger partial charge in [0.15, 0.2) is 6.20 Å². The molecule has 4 heteroatoms. The van der Waals surface area contributed by atoms with Crippen LogP contribution in [0.5, 0.6) is 0 Å². The van der Waals surface area contributed by atoms with Crippen molar-refractivity contribution in [3.05, 3.63) is 102 Å². The van der Waals surface area contributed by atoms with Crippen LogP contribution in [0.4, 0.5) is 4.39 Å². The van der Waals surface area contributed by atoms with Crippen LogP contribution in [0.15, 0.2) is 83.4 Å². The summed E-state index contributed by atoms with van der Waals surface area (Å²) < 4.78 is 23.1. The molecule has 0 unspecified atom stereocenters. The van der Waals surface area contributed by atoms with Gasteiger partial charge in [-0.3, -0.25) is 0 Å². The number of hydrogen-bond donors (Lipinski definition) is 0. The highest BCUT2D eigenvalue weighted by Gasteiger charge is 2.24. The number of aromatic nitrogens is 1. The Labute approximate surface area is 202 Å². The van der Waals surface area contributed by atoms with Crippen molar-refractivity contribution >= 4 is 32.7 Å². The van der Waals surface area contributed by atoms with Gasteiger partial charge < -0.3 is 4.42 Å². The van der Waals surface area contributed by atoms with Crippen molar-refractivity contribution in [3.63, 3.8) is 0 Å². The number of rotatable bonds is 2. The Morgan fingerprint density at radius 2 is 1.51 bits per heavy atom. The number of nitriles is 1. The third-order valence-electron chi connectivity index (χ3n) is 6.84. The van der Waals surface area contributed by atoms with E-state index in [1.807, 2.05) is 61.0 Å². The maximum Gasteiger partial charge on any atom is 0.219 e. The number of fused-ring (bicyclic) bond motifs is 4. The fourth-order valence-corrected chi connectivity index (χ4v) is 5.05. The molecule has 35 heavy (non-hydrogen) atoms. The van der Waals surface area contributed by atoms with Crippen LogP contribution < -0.4 is 4.57 Å². The Balaban J connectivity index is 1.71. The molecule has 0 radical (unpaired) electrons. The molecule has 0 aliphatic carbocycles. The maximum atomic E-state index is 14.6. The lowest BCUT2D eigenvalue weighted by Gasteiger charge is -2.07. The van der Waals surface area contributed by atoms with E-state index in [2.05, 4.69) is 30.3 Å². The zero-order chi connectivity index (χ0) is 24.3. The van der Waals surface area contributed by atoms with Crippen molar-refractivity contribution < 1.29 is 13.4 Å². The number of hydrogen-bond acceptors (Lipinski definition) is 2. The molecule has 3 nitrogen and oxygen atoms in total. The molecule has 0 spiro atoms. The Bertz CT molecular complexity index is 1860. The largest absolute Gasteiger partial charge is 0.454 e. The van der Waals surface area contributed by atoms with Crippen LogP contribution in [0.2, 0.25) is 0 Å². The lowest BCUT2D eigenvalue weighted by Crippen LogP contribution is -2.31. The first-order valence-corrected chi connectivity index (χ1v) is 11.5. The number of pyridine rings is 1. The summed E-state index contributed by atoms with van der Waals surface area (Å²) in [5, 5.41) is 14.1. The van der Waals surface area contributed by atoms with Gasteiger partial charge in [0.25, 0.3) is 0 Å². The highest BCUT2D eigenvalue weighted by atomic mass is 19.1. The Morgan fingerprint density at radius 1 is 0.800 bits per heavy atom. The number of aryl methyl sites for hydroxylation is 3. The van der Waals surface area contributed by atoms with Crippen LogP contribution in [0.25, 0.3) is 55.1 Å². The van der Waals surface area contributed by atoms with Gasteiger partial charge in [-0.2, -0.15) is 5.26 Å². The minimum absolute atomic E-state index is 0.255. The molecule has 6 aromatic rings. The predicted molar refractivity (Wildman–Crippen MR) is 137 cm³/mol. The molecule has 0 N–H and O–H groups in total. The molecule has 0 aliphatic rings. The van der Waals surface area contributed by atoms with Gasteiger partial charge in [0, 0.05) is 28.0 Å². The van der Waals surface area contributed by atoms with Crippen molar-refractivity contribution in [2.75, 3.05) is 0 Å². The van der Waals surface area contributed by atoms with E-state index in [0.717, 1.165) is 49.5 Å². The van der Waals surface area contributed by atoms with E-state index in [1.165, 1.54) is 0 Å². The van der Waals surface area contributed by atoms with Gasteiger partial charge in [-0.1, -0.05) is 48.5 Å². The summed E-state index contributed by atoms with van der Waals surface area (Å²) in [6, 6.07) is 26.1. The molecular weight excluding hydrogens is 435 g/mol. The van der Waals surface area contributed by atoms with Gasteiger partial charge in [-0.25, -0.2) is 8.96 Å². The molecule has 2 aromatic heterocycles. The van der Waals surface area contributed by atoms with E-state index >= 15 is 0 Å². The van der Waals surface area contributed by atoms with Crippen LogP contribution in [0.1, 0.15) is 16.7 Å². The summed E-state index contributed by atoms with van der Waals surface area (Å²) >= 11 is 0. The van der Waals surface area contributed by atoms with Crippen LogP contribution >= 0.6 is 0 Å². The van der Waals surface area contributed by atoms with Crippen LogP contribution in [-0.4, -0.2) is 0 Å². The molecule has 0 fully saturated rings. The van der Waals surface area contributed by atoms with E-state index in [9.17, 15) is 9.65 Å². The third-order valence-corrected chi connectivity index (χ3v) is 6.84. The first-order chi connectivity index (χ1) is 17.0. The van der Waals surface area contributed by atoms with Crippen molar-refractivity contribution in [1.29, 1.82) is 5.26 Å². The number of nitrogens with zero attached hydrogens (tertiary/aromatic N) is 2. The first-order valence-electron chi connectivity index (χ1n) is 11.5. The molecule has 2 heterocycles. The Kier molecular flexibility index (Phi) is 4.69. The molecule has 0 atom stereocenters. The van der Waals surface area contributed by atoms with Crippen molar-refractivity contribution in [2.45, 2.75) is 13.8 Å². The average molecular weight is 458 g/mol. The molecule has 0 bridgehead atoms. The average Bonchev–Trinajstić information content (AvgIpc) is 3.24.